The first-order valence-electron chi connectivity index (χ1n) is 6.72. The second kappa shape index (κ2) is 4.80. The van der Waals surface area contributed by atoms with Crippen molar-refractivity contribution in [1.29, 1.82) is 0 Å². The van der Waals surface area contributed by atoms with E-state index in [1.807, 2.05) is 13.1 Å². The van der Waals surface area contributed by atoms with Crippen molar-refractivity contribution in [3.63, 3.8) is 0 Å². The summed E-state index contributed by atoms with van der Waals surface area (Å²) < 4.78 is 28.8. The van der Waals surface area contributed by atoms with Crippen LogP contribution in [-0.4, -0.2) is 33.6 Å². The lowest BCUT2D eigenvalue weighted by Crippen LogP contribution is -2.26. The summed E-state index contributed by atoms with van der Waals surface area (Å²) in [5.74, 6) is 1.77. The Morgan fingerprint density at radius 3 is 2.95 bits per heavy atom. The summed E-state index contributed by atoms with van der Waals surface area (Å²) in [5.41, 5.74) is 2.41. The predicted molar refractivity (Wildman–Crippen MR) is 74.2 cm³/mol. The van der Waals surface area contributed by atoms with Gasteiger partial charge in [-0.05, 0) is 36.6 Å². The zero-order chi connectivity index (χ0) is 13.5. The van der Waals surface area contributed by atoms with Gasteiger partial charge >= 0.3 is 0 Å². The second-order valence-corrected chi connectivity index (χ2v) is 7.62. The molecule has 3 rings (SSSR count). The fourth-order valence-corrected chi connectivity index (χ4v) is 5.00. The second-order valence-electron chi connectivity index (χ2n) is 5.40. The van der Waals surface area contributed by atoms with Crippen LogP contribution in [-0.2, 0) is 16.3 Å². The first-order valence-corrected chi connectivity index (χ1v) is 8.54. The maximum Gasteiger partial charge on any atom is 0.150 e. The summed E-state index contributed by atoms with van der Waals surface area (Å²) in [4.78, 5) is 0. The number of fused-ring (bicyclic) bond motifs is 1. The highest BCUT2D eigenvalue weighted by Crippen LogP contribution is 2.34. The molecule has 2 aliphatic rings. The Morgan fingerprint density at radius 1 is 1.42 bits per heavy atom. The third-order valence-electron chi connectivity index (χ3n) is 4.12. The molecule has 1 fully saturated rings. The van der Waals surface area contributed by atoms with Crippen LogP contribution in [0.1, 0.15) is 23.6 Å². The Hall–Kier alpha value is -1.07. The van der Waals surface area contributed by atoms with Crippen molar-refractivity contribution in [3.05, 3.63) is 29.3 Å². The van der Waals surface area contributed by atoms with Gasteiger partial charge in [0, 0.05) is 12.5 Å². The summed E-state index contributed by atoms with van der Waals surface area (Å²) in [6.07, 6.45) is 1.70. The fraction of sp³-hybridized carbons (Fsp3) is 0.571. The van der Waals surface area contributed by atoms with Crippen molar-refractivity contribution in [3.8, 4) is 5.75 Å². The lowest BCUT2D eigenvalue weighted by atomic mass is 9.91. The zero-order valence-corrected chi connectivity index (χ0v) is 11.9. The standard InChI is InChI=1S/C14H19NO3S/c1-15-14(12-5-7-19(16,17)9-12)11-2-3-13-10(8-11)4-6-18-13/h2-3,8,12,14-15H,4-7,9H2,1H3. The molecule has 0 bridgehead atoms. The van der Waals surface area contributed by atoms with Crippen LogP contribution in [0.15, 0.2) is 18.2 Å². The van der Waals surface area contributed by atoms with Crippen LogP contribution in [0.25, 0.3) is 0 Å². The Morgan fingerprint density at radius 2 is 2.26 bits per heavy atom. The summed E-state index contributed by atoms with van der Waals surface area (Å²) in [7, 11) is -0.933. The smallest absolute Gasteiger partial charge is 0.150 e. The molecule has 0 saturated carbocycles. The van der Waals surface area contributed by atoms with E-state index in [0.717, 1.165) is 25.2 Å². The Kier molecular flexibility index (Phi) is 3.27. The molecule has 1 N–H and O–H groups in total. The number of ether oxygens (including phenoxy) is 1. The van der Waals surface area contributed by atoms with Gasteiger partial charge in [0.05, 0.1) is 18.1 Å². The van der Waals surface area contributed by atoms with E-state index >= 15 is 0 Å². The summed E-state index contributed by atoms with van der Waals surface area (Å²) in [6.45, 7) is 0.751. The molecule has 2 unspecified atom stereocenters. The quantitative estimate of drug-likeness (QED) is 0.908. The number of rotatable bonds is 3. The van der Waals surface area contributed by atoms with Gasteiger partial charge in [-0.25, -0.2) is 8.42 Å². The van der Waals surface area contributed by atoms with E-state index < -0.39 is 9.84 Å². The number of hydrogen-bond donors (Lipinski definition) is 1. The normalized spacial score (nSPS) is 25.8. The Labute approximate surface area is 114 Å². The number of hydrogen-bond acceptors (Lipinski definition) is 4. The maximum absolute atomic E-state index is 11.6. The van der Waals surface area contributed by atoms with E-state index in [2.05, 4.69) is 17.4 Å². The van der Waals surface area contributed by atoms with Crippen molar-refractivity contribution in [2.24, 2.45) is 5.92 Å². The molecule has 0 amide bonds. The van der Waals surface area contributed by atoms with Crippen molar-refractivity contribution in [1.82, 2.24) is 5.32 Å². The van der Waals surface area contributed by atoms with Gasteiger partial charge in [-0.1, -0.05) is 12.1 Å². The molecule has 2 atom stereocenters. The molecular weight excluding hydrogens is 262 g/mol. The molecular formula is C14H19NO3S. The van der Waals surface area contributed by atoms with Gasteiger partial charge in [-0.2, -0.15) is 0 Å². The van der Waals surface area contributed by atoms with E-state index in [9.17, 15) is 8.42 Å². The SMILES string of the molecule is CNC(c1ccc2c(c1)CCO2)C1CCS(=O)(=O)C1. The Bertz CT molecular complexity index is 582. The van der Waals surface area contributed by atoms with Crippen molar-refractivity contribution >= 4 is 9.84 Å². The van der Waals surface area contributed by atoms with Gasteiger partial charge in [0.15, 0.2) is 9.84 Å². The average molecular weight is 281 g/mol. The zero-order valence-electron chi connectivity index (χ0n) is 11.1. The molecule has 4 nitrogen and oxygen atoms in total. The molecule has 2 heterocycles. The van der Waals surface area contributed by atoms with E-state index in [4.69, 9.17) is 4.74 Å². The highest BCUT2D eigenvalue weighted by atomic mass is 32.2. The average Bonchev–Trinajstić information content (AvgIpc) is 2.96. The van der Waals surface area contributed by atoms with Crippen LogP contribution >= 0.6 is 0 Å². The van der Waals surface area contributed by atoms with Crippen LogP contribution in [0.4, 0.5) is 0 Å². The summed E-state index contributed by atoms with van der Waals surface area (Å²) in [6, 6.07) is 6.33. The fourth-order valence-electron chi connectivity index (χ4n) is 3.16. The van der Waals surface area contributed by atoms with Gasteiger partial charge in [-0.15, -0.1) is 0 Å². The topological polar surface area (TPSA) is 55.4 Å². The minimum absolute atomic E-state index is 0.114. The molecule has 1 aromatic carbocycles. The largest absolute Gasteiger partial charge is 0.493 e. The van der Waals surface area contributed by atoms with E-state index in [0.29, 0.717) is 11.5 Å². The third kappa shape index (κ3) is 2.49. The monoisotopic (exact) mass is 281 g/mol. The third-order valence-corrected chi connectivity index (χ3v) is 5.92. The van der Waals surface area contributed by atoms with Gasteiger partial charge in [0.2, 0.25) is 0 Å². The molecule has 5 heteroatoms. The lowest BCUT2D eigenvalue weighted by Gasteiger charge is -2.23. The van der Waals surface area contributed by atoms with Crippen molar-refractivity contribution < 1.29 is 13.2 Å². The molecule has 0 aliphatic carbocycles. The molecule has 0 radical (unpaired) electrons. The van der Waals surface area contributed by atoms with Crippen LogP contribution in [0.3, 0.4) is 0 Å². The summed E-state index contributed by atoms with van der Waals surface area (Å²) >= 11 is 0. The number of sulfone groups is 1. The first kappa shape index (κ1) is 12.9. The highest BCUT2D eigenvalue weighted by Gasteiger charge is 2.34. The van der Waals surface area contributed by atoms with Crippen molar-refractivity contribution in [2.75, 3.05) is 25.2 Å². The molecule has 104 valence electrons. The van der Waals surface area contributed by atoms with E-state index in [1.165, 1.54) is 11.1 Å². The molecule has 2 aliphatic heterocycles. The number of benzene rings is 1. The van der Waals surface area contributed by atoms with Crippen LogP contribution in [0.2, 0.25) is 0 Å². The van der Waals surface area contributed by atoms with Gasteiger partial charge in [0.1, 0.15) is 5.75 Å². The van der Waals surface area contributed by atoms with Crippen LogP contribution in [0, 0.1) is 5.92 Å². The minimum Gasteiger partial charge on any atom is -0.493 e. The minimum atomic E-state index is -2.83. The van der Waals surface area contributed by atoms with Crippen LogP contribution in [0.5, 0.6) is 5.75 Å². The van der Waals surface area contributed by atoms with Crippen molar-refractivity contribution in [2.45, 2.75) is 18.9 Å². The molecule has 0 spiro atoms. The molecule has 1 aromatic rings. The molecule has 1 saturated heterocycles. The highest BCUT2D eigenvalue weighted by molar-refractivity contribution is 7.91. The lowest BCUT2D eigenvalue weighted by molar-refractivity contribution is 0.356. The van der Waals surface area contributed by atoms with Gasteiger partial charge in [0.25, 0.3) is 0 Å². The summed E-state index contributed by atoms with van der Waals surface area (Å²) in [5, 5.41) is 3.28. The first-order chi connectivity index (χ1) is 9.09. The van der Waals surface area contributed by atoms with E-state index in [-0.39, 0.29) is 12.0 Å². The van der Waals surface area contributed by atoms with Crippen LogP contribution < -0.4 is 10.1 Å². The maximum atomic E-state index is 11.6. The molecule has 19 heavy (non-hydrogen) atoms. The predicted octanol–water partition coefficient (Wildman–Crippen LogP) is 1.32. The van der Waals surface area contributed by atoms with Gasteiger partial charge in [-0.3, -0.25) is 0 Å². The molecule has 0 aromatic heterocycles. The Balaban J connectivity index is 1.86. The van der Waals surface area contributed by atoms with Gasteiger partial charge < -0.3 is 10.1 Å². The number of nitrogens with one attached hydrogen (secondary N) is 1. The van der Waals surface area contributed by atoms with E-state index in [1.54, 1.807) is 0 Å².